The molecule has 3 nitrogen and oxygen atoms in total. The maximum atomic E-state index is 6.38. The Morgan fingerprint density at radius 2 is 1.93 bits per heavy atom. The molecule has 0 aliphatic carbocycles. The average molecular weight is 386 g/mol. The maximum Gasteiger partial charge on any atom is 0.138 e. The van der Waals surface area contributed by atoms with Gasteiger partial charge in [-0.25, -0.2) is 0 Å². The van der Waals surface area contributed by atoms with Crippen LogP contribution in [0.4, 0.5) is 0 Å². The van der Waals surface area contributed by atoms with E-state index in [2.05, 4.69) is 49.1 Å². The maximum absolute atomic E-state index is 6.38. The standard InChI is InChI=1S/C23H28ClNO2/c1-18-7-8-19(2)20(15-18)17-27-23-10-9-21(16-22(23)24)26-14-6-13-25-11-4-3-5-12-25/h3-4,7-10,15-16H,5-6,11-14,17H2,1-2H3. The summed E-state index contributed by atoms with van der Waals surface area (Å²) in [5, 5.41) is 0.582. The Labute approximate surface area is 167 Å². The summed E-state index contributed by atoms with van der Waals surface area (Å²) in [6.45, 7) is 8.65. The van der Waals surface area contributed by atoms with Crippen LogP contribution in [-0.4, -0.2) is 31.1 Å². The second-order valence-corrected chi connectivity index (χ2v) is 7.48. The minimum atomic E-state index is 0.512. The van der Waals surface area contributed by atoms with E-state index in [1.807, 2.05) is 18.2 Å². The lowest BCUT2D eigenvalue weighted by Crippen LogP contribution is -2.29. The van der Waals surface area contributed by atoms with Gasteiger partial charge in [-0.1, -0.05) is 47.5 Å². The Bertz CT molecular complexity index is 788. The summed E-state index contributed by atoms with van der Waals surface area (Å²) < 4.78 is 11.8. The monoisotopic (exact) mass is 385 g/mol. The van der Waals surface area contributed by atoms with Crippen molar-refractivity contribution >= 4 is 11.6 Å². The number of rotatable bonds is 8. The lowest BCUT2D eigenvalue weighted by Gasteiger charge is -2.22. The third-order valence-electron chi connectivity index (χ3n) is 4.82. The molecule has 1 aliphatic heterocycles. The summed E-state index contributed by atoms with van der Waals surface area (Å²) in [6, 6.07) is 12.0. The molecule has 0 amide bonds. The molecule has 0 saturated heterocycles. The summed E-state index contributed by atoms with van der Waals surface area (Å²) in [5.74, 6) is 1.47. The van der Waals surface area contributed by atoms with Crippen LogP contribution in [0.2, 0.25) is 5.02 Å². The summed E-state index contributed by atoms with van der Waals surface area (Å²) in [7, 11) is 0. The normalized spacial score (nSPS) is 14.3. The fourth-order valence-corrected chi connectivity index (χ4v) is 3.40. The summed E-state index contributed by atoms with van der Waals surface area (Å²) in [4.78, 5) is 2.45. The smallest absolute Gasteiger partial charge is 0.138 e. The van der Waals surface area contributed by atoms with E-state index in [9.17, 15) is 0 Å². The summed E-state index contributed by atoms with van der Waals surface area (Å²) >= 11 is 6.38. The lowest BCUT2D eigenvalue weighted by atomic mass is 10.1. The molecule has 0 radical (unpaired) electrons. The quantitative estimate of drug-likeness (QED) is 0.438. The van der Waals surface area contributed by atoms with E-state index in [0.29, 0.717) is 24.0 Å². The highest BCUT2D eigenvalue weighted by molar-refractivity contribution is 6.32. The van der Waals surface area contributed by atoms with Gasteiger partial charge in [-0.2, -0.15) is 0 Å². The number of hydrogen-bond acceptors (Lipinski definition) is 3. The second-order valence-electron chi connectivity index (χ2n) is 7.07. The Hall–Kier alpha value is -1.97. The molecule has 0 spiro atoms. The van der Waals surface area contributed by atoms with Gasteiger partial charge in [-0.05, 0) is 49.9 Å². The Morgan fingerprint density at radius 3 is 2.70 bits per heavy atom. The van der Waals surface area contributed by atoms with Gasteiger partial charge in [0.15, 0.2) is 0 Å². The first-order valence-corrected chi connectivity index (χ1v) is 9.98. The predicted octanol–water partition coefficient (Wildman–Crippen LogP) is 5.57. The lowest BCUT2D eigenvalue weighted by molar-refractivity contribution is 0.246. The molecule has 4 heteroatoms. The van der Waals surface area contributed by atoms with E-state index in [1.54, 1.807) is 0 Å². The van der Waals surface area contributed by atoms with Crippen LogP contribution in [0.15, 0.2) is 48.6 Å². The second kappa shape index (κ2) is 9.82. The van der Waals surface area contributed by atoms with E-state index in [1.165, 1.54) is 16.7 Å². The SMILES string of the molecule is Cc1ccc(C)c(COc2ccc(OCCCN3CC=CCC3)cc2Cl)c1. The molecule has 1 heterocycles. The van der Waals surface area contributed by atoms with E-state index in [0.717, 1.165) is 38.2 Å². The van der Waals surface area contributed by atoms with Crippen LogP contribution in [0.3, 0.4) is 0 Å². The molecule has 0 fully saturated rings. The fourth-order valence-electron chi connectivity index (χ4n) is 3.17. The molecular weight excluding hydrogens is 358 g/mol. The average Bonchev–Trinajstić information content (AvgIpc) is 2.68. The van der Waals surface area contributed by atoms with Gasteiger partial charge in [-0.3, -0.25) is 4.90 Å². The molecule has 0 bridgehead atoms. The largest absolute Gasteiger partial charge is 0.493 e. The molecule has 0 aromatic heterocycles. The minimum absolute atomic E-state index is 0.512. The third-order valence-corrected chi connectivity index (χ3v) is 5.12. The first kappa shape index (κ1) is 19.8. The highest BCUT2D eigenvalue weighted by Gasteiger charge is 2.08. The Kier molecular flexibility index (Phi) is 7.19. The zero-order valence-electron chi connectivity index (χ0n) is 16.2. The van der Waals surface area contributed by atoms with Gasteiger partial charge >= 0.3 is 0 Å². The van der Waals surface area contributed by atoms with Crippen LogP contribution in [-0.2, 0) is 6.61 Å². The zero-order valence-corrected chi connectivity index (χ0v) is 17.0. The van der Waals surface area contributed by atoms with E-state index in [-0.39, 0.29) is 0 Å². The van der Waals surface area contributed by atoms with Crippen LogP contribution in [0.5, 0.6) is 11.5 Å². The molecule has 0 saturated carbocycles. The van der Waals surface area contributed by atoms with Crippen molar-refractivity contribution in [3.8, 4) is 11.5 Å². The minimum Gasteiger partial charge on any atom is -0.493 e. The van der Waals surface area contributed by atoms with Crippen LogP contribution >= 0.6 is 11.6 Å². The van der Waals surface area contributed by atoms with Gasteiger partial charge in [0.05, 0.1) is 11.6 Å². The first-order valence-electron chi connectivity index (χ1n) is 9.60. The first-order chi connectivity index (χ1) is 13.1. The van der Waals surface area contributed by atoms with Crippen molar-refractivity contribution in [2.45, 2.75) is 33.3 Å². The number of benzene rings is 2. The Balaban J connectivity index is 1.46. The fraction of sp³-hybridized carbons (Fsp3) is 0.391. The van der Waals surface area contributed by atoms with Gasteiger partial charge in [0, 0.05) is 25.7 Å². The molecule has 2 aromatic carbocycles. The van der Waals surface area contributed by atoms with Crippen LogP contribution in [0.25, 0.3) is 0 Å². The van der Waals surface area contributed by atoms with Crippen molar-refractivity contribution < 1.29 is 9.47 Å². The summed E-state index contributed by atoms with van der Waals surface area (Å²) in [5.41, 5.74) is 3.63. The van der Waals surface area contributed by atoms with Crippen LogP contribution in [0.1, 0.15) is 29.5 Å². The number of halogens is 1. The van der Waals surface area contributed by atoms with Gasteiger partial charge < -0.3 is 9.47 Å². The predicted molar refractivity (Wildman–Crippen MR) is 112 cm³/mol. The van der Waals surface area contributed by atoms with Gasteiger partial charge in [-0.15, -0.1) is 0 Å². The molecule has 27 heavy (non-hydrogen) atoms. The topological polar surface area (TPSA) is 21.7 Å². The molecular formula is C23H28ClNO2. The van der Waals surface area contributed by atoms with Crippen molar-refractivity contribution in [3.05, 3.63) is 70.3 Å². The van der Waals surface area contributed by atoms with E-state index in [4.69, 9.17) is 21.1 Å². The van der Waals surface area contributed by atoms with Crippen molar-refractivity contribution in [1.29, 1.82) is 0 Å². The van der Waals surface area contributed by atoms with Gasteiger partial charge in [0.2, 0.25) is 0 Å². The van der Waals surface area contributed by atoms with E-state index < -0.39 is 0 Å². The Morgan fingerprint density at radius 1 is 1.04 bits per heavy atom. The molecule has 0 N–H and O–H groups in total. The van der Waals surface area contributed by atoms with Crippen LogP contribution < -0.4 is 9.47 Å². The highest BCUT2D eigenvalue weighted by atomic mass is 35.5. The number of aryl methyl sites for hydroxylation is 2. The number of hydrogen-bond donors (Lipinski definition) is 0. The van der Waals surface area contributed by atoms with Crippen molar-refractivity contribution in [2.75, 3.05) is 26.2 Å². The molecule has 144 valence electrons. The number of nitrogens with zero attached hydrogens (tertiary/aromatic N) is 1. The van der Waals surface area contributed by atoms with Crippen molar-refractivity contribution in [3.63, 3.8) is 0 Å². The van der Waals surface area contributed by atoms with E-state index >= 15 is 0 Å². The highest BCUT2D eigenvalue weighted by Crippen LogP contribution is 2.30. The third kappa shape index (κ3) is 6.02. The van der Waals surface area contributed by atoms with Crippen molar-refractivity contribution in [2.24, 2.45) is 0 Å². The van der Waals surface area contributed by atoms with Crippen molar-refractivity contribution in [1.82, 2.24) is 4.90 Å². The number of ether oxygens (including phenoxy) is 2. The molecule has 0 unspecified atom stereocenters. The van der Waals surface area contributed by atoms with Crippen LogP contribution in [0, 0.1) is 13.8 Å². The van der Waals surface area contributed by atoms with Gasteiger partial charge in [0.25, 0.3) is 0 Å². The molecule has 3 rings (SSSR count). The summed E-state index contributed by atoms with van der Waals surface area (Å²) in [6.07, 6.45) is 6.65. The van der Waals surface area contributed by atoms with Gasteiger partial charge in [0.1, 0.15) is 18.1 Å². The molecule has 1 aliphatic rings. The molecule has 0 atom stereocenters. The zero-order chi connectivity index (χ0) is 19.1. The molecule has 2 aromatic rings.